The zero-order chi connectivity index (χ0) is 16.8. The summed E-state index contributed by atoms with van der Waals surface area (Å²) >= 11 is 0. The van der Waals surface area contributed by atoms with Crippen LogP contribution in [0.5, 0.6) is 11.5 Å². The fraction of sp³-hybridized carbons (Fsp3) is 0.167. The number of carbonyl (C=O) groups excluding carboxylic acids is 3. The summed E-state index contributed by atoms with van der Waals surface area (Å²) in [5.74, 6) is -1.09. The summed E-state index contributed by atoms with van der Waals surface area (Å²) in [6.07, 6.45) is 0.163. The minimum absolute atomic E-state index is 0.0498. The molecule has 0 spiro atoms. The van der Waals surface area contributed by atoms with Crippen LogP contribution in [0.25, 0.3) is 0 Å². The van der Waals surface area contributed by atoms with Crippen LogP contribution in [-0.2, 0) is 9.59 Å². The van der Waals surface area contributed by atoms with Gasteiger partial charge in [-0.1, -0.05) is 37.3 Å². The first-order valence-corrected chi connectivity index (χ1v) is 7.14. The van der Waals surface area contributed by atoms with Gasteiger partial charge in [0.1, 0.15) is 0 Å². The van der Waals surface area contributed by atoms with E-state index in [0.717, 1.165) is 0 Å². The molecule has 5 nitrogen and oxygen atoms in total. The van der Waals surface area contributed by atoms with Gasteiger partial charge in [-0.3, -0.25) is 14.4 Å². The lowest BCUT2D eigenvalue weighted by molar-refractivity contribution is -0.135. The highest BCUT2D eigenvalue weighted by atomic mass is 16.6. The Morgan fingerprint density at radius 1 is 0.870 bits per heavy atom. The van der Waals surface area contributed by atoms with Crippen molar-refractivity contribution in [3.05, 3.63) is 59.7 Å². The van der Waals surface area contributed by atoms with Crippen molar-refractivity contribution in [3.63, 3.8) is 0 Å². The predicted molar refractivity (Wildman–Crippen MR) is 83.6 cm³/mol. The Kier molecular flexibility index (Phi) is 5.25. The SMILES string of the molecule is CCC(=O)Oc1cc(C(=O)c2ccccc2)ccc1OC(C)=O. The summed E-state index contributed by atoms with van der Waals surface area (Å²) in [7, 11) is 0. The van der Waals surface area contributed by atoms with Gasteiger partial charge in [-0.15, -0.1) is 0 Å². The van der Waals surface area contributed by atoms with Crippen molar-refractivity contribution in [1.29, 1.82) is 0 Å². The van der Waals surface area contributed by atoms with Crippen LogP contribution in [0.2, 0.25) is 0 Å². The first-order valence-electron chi connectivity index (χ1n) is 7.14. The number of carbonyl (C=O) groups is 3. The van der Waals surface area contributed by atoms with Gasteiger partial charge in [0, 0.05) is 24.5 Å². The number of ketones is 1. The molecule has 0 heterocycles. The lowest BCUT2D eigenvalue weighted by atomic mass is 10.0. The van der Waals surface area contributed by atoms with Crippen molar-refractivity contribution >= 4 is 17.7 Å². The molecule has 0 aliphatic rings. The van der Waals surface area contributed by atoms with Gasteiger partial charge in [-0.2, -0.15) is 0 Å². The maximum Gasteiger partial charge on any atom is 0.311 e. The molecule has 0 N–H and O–H groups in total. The summed E-state index contributed by atoms with van der Waals surface area (Å²) in [4.78, 5) is 35.1. The van der Waals surface area contributed by atoms with Crippen molar-refractivity contribution in [2.75, 3.05) is 0 Å². The smallest absolute Gasteiger partial charge is 0.311 e. The van der Waals surface area contributed by atoms with Crippen LogP contribution in [0, 0.1) is 0 Å². The van der Waals surface area contributed by atoms with Gasteiger partial charge in [0.05, 0.1) is 0 Å². The number of benzene rings is 2. The highest BCUT2D eigenvalue weighted by molar-refractivity contribution is 6.09. The van der Waals surface area contributed by atoms with Crippen LogP contribution in [0.4, 0.5) is 0 Å². The van der Waals surface area contributed by atoms with Crippen LogP contribution in [0.15, 0.2) is 48.5 Å². The molecule has 0 bridgehead atoms. The first kappa shape index (κ1) is 16.4. The van der Waals surface area contributed by atoms with E-state index < -0.39 is 11.9 Å². The molecular formula is C18H16O5. The number of hydrogen-bond acceptors (Lipinski definition) is 5. The van der Waals surface area contributed by atoms with Gasteiger partial charge in [0.15, 0.2) is 17.3 Å². The summed E-state index contributed by atoms with van der Waals surface area (Å²) in [5.41, 5.74) is 0.853. The number of rotatable bonds is 5. The lowest BCUT2D eigenvalue weighted by Crippen LogP contribution is -2.10. The van der Waals surface area contributed by atoms with Crippen LogP contribution in [-0.4, -0.2) is 17.7 Å². The van der Waals surface area contributed by atoms with Crippen molar-refractivity contribution in [2.45, 2.75) is 20.3 Å². The van der Waals surface area contributed by atoms with E-state index in [1.165, 1.54) is 25.1 Å². The lowest BCUT2D eigenvalue weighted by Gasteiger charge is -2.11. The van der Waals surface area contributed by atoms with E-state index in [-0.39, 0.29) is 23.7 Å². The molecule has 0 radical (unpaired) electrons. The van der Waals surface area contributed by atoms with Gasteiger partial charge < -0.3 is 9.47 Å². The third kappa shape index (κ3) is 4.26. The van der Waals surface area contributed by atoms with E-state index in [4.69, 9.17) is 9.47 Å². The summed E-state index contributed by atoms with van der Waals surface area (Å²) in [6.45, 7) is 2.89. The number of esters is 2. The van der Waals surface area contributed by atoms with E-state index in [1.54, 1.807) is 31.2 Å². The van der Waals surface area contributed by atoms with Gasteiger partial charge in [0.25, 0.3) is 0 Å². The highest BCUT2D eigenvalue weighted by Gasteiger charge is 2.16. The molecule has 0 amide bonds. The topological polar surface area (TPSA) is 69.7 Å². The molecule has 0 saturated carbocycles. The molecule has 5 heteroatoms. The third-order valence-corrected chi connectivity index (χ3v) is 3.01. The highest BCUT2D eigenvalue weighted by Crippen LogP contribution is 2.30. The van der Waals surface area contributed by atoms with Crippen molar-refractivity contribution in [2.24, 2.45) is 0 Å². The maximum atomic E-state index is 12.4. The Bertz CT molecular complexity index is 734. The zero-order valence-electron chi connectivity index (χ0n) is 12.9. The summed E-state index contributed by atoms with van der Waals surface area (Å²) in [6, 6.07) is 13.1. The molecule has 2 aromatic rings. The fourth-order valence-corrected chi connectivity index (χ4v) is 1.92. The van der Waals surface area contributed by atoms with Gasteiger partial charge in [0.2, 0.25) is 0 Å². The van der Waals surface area contributed by atoms with Crippen molar-refractivity contribution in [1.82, 2.24) is 0 Å². The average Bonchev–Trinajstić information content (AvgIpc) is 2.56. The molecule has 0 aliphatic carbocycles. The minimum atomic E-state index is -0.541. The Morgan fingerprint density at radius 3 is 2.17 bits per heavy atom. The van der Waals surface area contributed by atoms with Gasteiger partial charge >= 0.3 is 11.9 Å². The molecule has 0 aromatic heterocycles. The molecule has 0 saturated heterocycles. The predicted octanol–water partition coefficient (Wildman–Crippen LogP) is 3.16. The largest absolute Gasteiger partial charge is 0.423 e. The maximum absolute atomic E-state index is 12.4. The molecule has 23 heavy (non-hydrogen) atoms. The molecule has 2 aromatic carbocycles. The second-order valence-corrected chi connectivity index (χ2v) is 4.78. The standard InChI is InChI=1S/C18H16O5/c1-3-17(20)23-16-11-14(9-10-15(16)22-12(2)19)18(21)13-7-5-4-6-8-13/h4-11H,3H2,1-2H3. The molecule has 0 fully saturated rings. The Balaban J connectivity index is 2.38. The molecular weight excluding hydrogens is 296 g/mol. The second kappa shape index (κ2) is 7.35. The quantitative estimate of drug-likeness (QED) is 0.482. The molecule has 2 rings (SSSR count). The first-order chi connectivity index (χ1) is 11.0. The Morgan fingerprint density at radius 2 is 1.57 bits per heavy atom. The van der Waals surface area contributed by atoms with Crippen LogP contribution in [0.1, 0.15) is 36.2 Å². The molecule has 0 unspecified atom stereocenters. The van der Waals surface area contributed by atoms with E-state index >= 15 is 0 Å². The van der Waals surface area contributed by atoms with Crippen LogP contribution in [0.3, 0.4) is 0 Å². The molecule has 0 atom stereocenters. The van der Waals surface area contributed by atoms with Crippen molar-refractivity contribution in [3.8, 4) is 11.5 Å². The number of ether oxygens (including phenoxy) is 2. The fourth-order valence-electron chi connectivity index (χ4n) is 1.92. The number of hydrogen-bond donors (Lipinski definition) is 0. The van der Waals surface area contributed by atoms with Crippen molar-refractivity contribution < 1.29 is 23.9 Å². The Labute approximate surface area is 133 Å². The Hall–Kier alpha value is -2.95. The minimum Gasteiger partial charge on any atom is -0.423 e. The third-order valence-electron chi connectivity index (χ3n) is 3.01. The molecule has 118 valence electrons. The molecule has 0 aliphatic heterocycles. The van der Waals surface area contributed by atoms with E-state index in [1.807, 2.05) is 6.07 Å². The van der Waals surface area contributed by atoms with E-state index in [0.29, 0.717) is 11.1 Å². The normalized spacial score (nSPS) is 10.0. The zero-order valence-corrected chi connectivity index (χ0v) is 12.9. The van der Waals surface area contributed by atoms with E-state index in [2.05, 4.69) is 0 Å². The summed E-state index contributed by atoms with van der Waals surface area (Å²) in [5, 5.41) is 0. The second-order valence-electron chi connectivity index (χ2n) is 4.78. The summed E-state index contributed by atoms with van der Waals surface area (Å²) < 4.78 is 10.2. The van der Waals surface area contributed by atoms with Gasteiger partial charge in [-0.25, -0.2) is 0 Å². The average molecular weight is 312 g/mol. The van der Waals surface area contributed by atoms with Gasteiger partial charge in [-0.05, 0) is 18.2 Å². The van der Waals surface area contributed by atoms with E-state index in [9.17, 15) is 14.4 Å². The monoisotopic (exact) mass is 312 g/mol. The van der Waals surface area contributed by atoms with Crippen LogP contribution >= 0.6 is 0 Å². The van der Waals surface area contributed by atoms with Crippen LogP contribution < -0.4 is 9.47 Å².